The Balaban J connectivity index is 2.26. The molecular formula is C14H19N3O3S. The average molecular weight is 309 g/mol. The van der Waals surface area contributed by atoms with Gasteiger partial charge in [-0.3, -0.25) is 4.79 Å². The Morgan fingerprint density at radius 3 is 3.05 bits per heavy atom. The molecular weight excluding hydrogens is 290 g/mol. The van der Waals surface area contributed by atoms with Crippen molar-refractivity contribution in [3.05, 3.63) is 17.8 Å². The number of carbonyl (C=O) groups is 1. The van der Waals surface area contributed by atoms with Crippen LogP contribution in [0.4, 0.5) is 0 Å². The summed E-state index contributed by atoms with van der Waals surface area (Å²) in [4.78, 5) is 19.7. The van der Waals surface area contributed by atoms with E-state index in [1.165, 1.54) is 11.8 Å². The van der Waals surface area contributed by atoms with Gasteiger partial charge in [0.2, 0.25) is 0 Å². The molecule has 0 unspecified atom stereocenters. The monoisotopic (exact) mass is 309 g/mol. The molecule has 0 fully saturated rings. The lowest BCUT2D eigenvalue weighted by Gasteiger charge is -2.07. The van der Waals surface area contributed by atoms with Gasteiger partial charge in [-0.25, -0.2) is 9.97 Å². The molecule has 7 heteroatoms. The average Bonchev–Trinajstić information content (AvgIpc) is 2.81. The van der Waals surface area contributed by atoms with Gasteiger partial charge in [0, 0.05) is 26.0 Å². The lowest BCUT2D eigenvalue weighted by Crippen LogP contribution is -2.06. The first-order chi connectivity index (χ1) is 10.1. The highest BCUT2D eigenvalue weighted by atomic mass is 32.2. The lowest BCUT2D eigenvalue weighted by atomic mass is 10.3. The van der Waals surface area contributed by atoms with Gasteiger partial charge in [0.1, 0.15) is 5.52 Å². The third-order valence-electron chi connectivity index (χ3n) is 3.00. The van der Waals surface area contributed by atoms with Crippen LogP contribution in [0.3, 0.4) is 0 Å². The summed E-state index contributed by atoms with van der Waals surface area (Å²) in [6.07, 6.45) is 2.60. The number of pyridine rings is 1. The standard InChI is InChI=1S/C14H19N3O3S/c1-3-20-8-4-7-17-13-12(10(2)5-6-15-13)16-14(17)21-9-11(18)19/h5-6H,3-4,7-9H2,1-2H3,(H,18,19). The van der Waals surface area contributed by atoms with Crippen molar-refractivity contribution in [2.75, 3.05) is 19.0 Å². The molecule has 0 saturated heterocycles. The smallest absolute Gasteiger partial charge is 0.313 e. The molecule has 0 atom stereocenters. The van der Waals surface area contributed by atoms with Crippen LogP contribution in [-0.4, -0.2) is 44.6 Å². The molecule has 0 radical (unpaired) electrons. The minimum atomic E-state index is -0.849. The molecule has 0 aliphatic carbocycles. The number of hydrogen-bond donors (Lipinski definition) is 1. The summed E-state index contributed by atoms with van der Waals surface area (Å²) in [6, 6.07) is 1.91. The second-order valence-corrected chi connectivity index (χ2v) is 5.52. The Labute approximate surface area is 127 Å². The second kappa shape index (κ2) is 7.42. The highest BCUT2D eigenvalue weighted by Gasteiger charge is 2.14. The number of hydrogen-bond acceptors (Lipinski definition) is 5. The van der Waals surface area contributed by atoms with Gasteiger partial charge in [-0.2, -0.15) is 0 Å². The number of aliphatic carboxylic acids is 1. The molecule has 21 heavy (non-hydrogen) atoms. The molecule has 2 aromatic heterocycles. The molecule has 0 bridgehead atoms. The molecule has 2 rings (SSSR count). The van der Waals surface area contributed by atoms with Crippen molar-refractivity contribution in [1.82, 2.24) is 14.5 Å². The van der Waals surface area contributed by atoms with E-state index in [0.717, 1.165) is 29.7 Å². The third kappa shape index (κ3) is 3.95. The molecule has 1 N–H and O–H groups in total. The van der Waals surface area contributed by atoms with Gasteiger partial charge in [-0.1, -0.05) is 11.8 Å². The first-order valence-corrected chi connectivity index (χ1v) is 7.86. The highest BCUT2D eigenvalue weighted by Crippen LogP contribution is 2.24. The molecule has 0 aliphatic heterocycles. The largest absolute Gasteiger partial charge is 0.481 e. The Kier molecular flexibility index (Phi) is 5.58. The van der Waals surface area contributed by atoms with Gasteiger partial charge in [-0.05, 0) is 31.9 Å². The Hall–Kier alpha value is -1.60. The molecule has 0 spiro atoms. The molecule has 6 nitrogen and oxygen atoms in total. The fourth-order valence-corrected chi connectivity index (χ4v) is 2.77. The van der Waals surface area contributed by atoms with Crippen LogP contribution in [0.1, 0.15) is 18.9 Å². The quantitative estimate of drug-likeness (QED) is 0.596. The lowest BCUT2D eigenvalue weighted by molar-refractivity contribution is -0.133. The van der Waals surface area contributed by atoms with Crippen LogP contribution >= 0.6 is 11.8 Å². The van der Waals surface area contributed by atoms with Crippen LogP contribution in [0.15, 0.2) is 17.4 Å². The Morgan fingerprint density at radius 2 is 2.33 bits per heavy atom. The van der Waals surface area contributed by atoms with Crippen LogP contribution in [-0.2, 0) is 16.1 Å². The van der Waals surface area contributed by atoms with Gasteiger partial charge in [0.15, 0.2) is 10.8 Å². The third-order valence-corrected chi connectivity index (χ3v) is 3.96. The fourth-order valence-electron chi connectivity index (χ4n) is 2.03. The Bertz CT molecular complexity index is 627. The molecule has 0 amide bonds. The number of rotatable bonds is 8. The summed E-state index contributed by atoms with van der Waals surface area (Å²) in [7, 11) is 0. The van der Waals surface area contributed by atoms with Gasteiger partial charge >= 0.3 is 5.97 Å². The topological polar surface area (TPSA) is 77.2 Å². The SMILES string of the molecule is CCOCCCn1c(SCC(=O)O)nc2c(C)ccnc21. The molecule has 0 aromatic carbocycles. The van der Waals surface area contributed by atoms with Crippen LogP contribution in [0.5, 0.6) is 0 Å². The van der Waals surface area contributed by atoms with Crippen molar-refractivity contribution in [2.45, 2.75) is 32.0 Å². The van der Waals surface area contributed by atoms with Crippen molar-refractivity contribution < 1.29 is 14.6 Å². The minimum absolute atomic E-state index is 0.00612. The highest BCUT2D eigenvalue weighted by molar-refractivity contribution is 7.99. The number of carboxylic acids is 1. The molecule has 114 valence electrons. The molecule has 2 heterocycles. The van der Waals surface area contributed by atoms with E-state index in [0.29, 0.717) is 18.4 Å². The first-order valence-electron chi connectivity index (χ1n) is 6.87. The maximum Gasteiger partial charge on any atom is 0.313 e. The normalized spacial score (nSPS) is 11.1. The van der Waals surface area contributed by atoms with Crippen molar-refractivity contribution in [2.24, 2.45) is 0 Å². The fraction of sp³-hybridized carbons (Fsp3) is 0.500. The predicted octanol–water partition coefficient (Wildman–Crippen LogP) is 2.34. The van der Waals surface area contributed by atoms with E-state index in [1.54, 1.807) is 6.20 Å². The summed E-state index contributed by atoms with van der Waals surface area (Å²) in [5.74, 6) is -0.856. The van der Waals surface area contributed by atoms with E-state index >= 15 is 0 Å². The van der Waals surface area contributed by atoms with Gasteiger partial charge in [0.25, 0.3) is 0 Å². The number of aromatic nitrogens is 3. The first kappa shape index (κ1) is 15.8. The number of aryl methyl sites for hydroxylation is 2. The van der Waals surface area contributed by atoms with Gasteiger partial charge in [0.05, 0.1) is 5.75 Å². The van der Waals surface area contributed by atoms with E-state index in [-0.39, 0.29) is 5.75 Å². The number of thioether (sulfide) groups is 1. The number of carboxylic acid groups (broad SMARTS) is 1. The van der Waals surface area contributed by atoms with E-state index in [4.69, 9.17) is 9.84 Å². The summed E-state index contributed by atoms with van der Waals surface area (Å²) in [5, 5.41) is 9.55. The Morgan fingerprint density at radius 1 is 1.52 bits per heavy atom. The van der Waals surface area contributed by atoms with Crippen molar-refractivity contribution in [3.63, 3.8) is 0 Å². The number of ether oxygens (including phenoxy) is 1. The van der Waals surface area contributed by atoms with Crippen LogP contribution in [0.2, 0.25) is 0 Å². The maximum absolute atomic E-state index is 10.8. The summed E-state index contributed by atoms with van der Waals surface area (Å²) in [5.41, 5.74) is 2.68. The van der Waals surface area contributed by atoms with Gasteiger partial charge < -0.3 is 14.4 Å². The molecule has 0 aliphatic rings. The van der Waals surface area contributed by atoms with Crippen molar-refractivity contribution in [1.29, 1.82) is 0 Å². The number of imidazole rings is 1. The predicted molar refractivity (Wildman–Crippen MR) is 81.7 cm³/mol. The van der Waals surface area contributed by atoms with Crippen LogP contribution in [0.25, 0.3) is 11.2 Å². The van der Waals surface area contributed by atoms with Crippen LogP contribution in [0, 0.1) is 6.92 Å². The number of fused-ring (bicyclic) bond motifs is 1. The maximum atomic E-state index is 10.8. The van der Waals surface area contributed by atoms with Gasteiger partial charge in [-0.15, -0.1) is 0 Å². The zero-order valence-electron chi connectivity index (χ0n) is 12.2. The molecule has 2 aromatic rings. The van der Waals surface area contributed by atoms with E-state index in [1.807, 2.05) is 24.5 Å². The second-order valence-electron chi connectivity index (χ2n) is 4.58. The van der Waals surface area contributed by atoms with Crippen molar-refractivity contribution >= 4 is 28.9 Å². The zero-order chi connectivity index (χ0) is 15.2. The van der Waals surface area contributed by atoms with E-state index in [9.17, 15) is 4.79 Å². The molecule has 0 saturated carbocycles. The van der Waals surface area contributed by atoms with E-state index < -0.39 is 5.97 Å². The zero-order valence-corrected chi connectivity index (χ0v) is 13.0. The summed E-state index contributed by atoms with van der Waals surface area (Å²) >= 11 is 1.22. The summed E-state index contributed by atoms with van der Waals surface area (Å²) in [6.45, 7) is 6.03. The minimum Gasteiger partial charge on any atom is -0.481 e. The van der Waals surface area contributed by atoms with Crippen LogP contribution < -0.4 is 0 Å². The number of nitrogens with zero attached hydrogens (tertiary/aromatic N) is 3. The van der Waals surface area contributed by atoms with Crippen molar-refractivity contribution in [3.8, 4) is 0 Å². The summed E-state index contributed by atoms with van der Waals surface area (Å²) < 4.78 is 7.33. The van der Waals surface area contributed by atoms with E-state index in [2.05, 4.69) is 9.97 Å².